The van der Waals surface area contributed by atoms with Crippen molar-refractivity contribution < 1.29 is 17.9 Å². The highest BCUT2D eigenvalue weighted by Gasteiger charge is 2.31. The Kier molecular flexibility index (Phi) is 7.04. The second-order valence-electron chi connectivity index (χ2n) is 8.47. The highest BCUT2D eigenvalue weighted by atomic mass is 32.2. The summed E-state index contributed by atoms with van der Waals surface area (Å²) in [6.07, 6.45) is 2.65. The van der Waals surface area contributed by atoms with Gasteiger partial charge in [-0.25, -0.2) is 8.42 Å². The van der Waals surface area contributed by atoms with E-state index in [4.69, 9.17) is 4.74 Å². The number of hydrogen-bond acceptors (Lipinski definition) is 5. The number of amides is 1. The molecule has 2 aromatic carbocycles. The van der Waals surface area contributed by atoms with Crippen LogP contribution in [0.1, 0.15) is 49.0 Å². The number of aromatic amines is 1. The summed E-state index contributed by atoms with van der Waals surface area (Å²) >= 11 is 0. The van der Waals surface area contributed by atoms with Crippen LogP contribution in [0.5, 0.6) is 5.75 Å². The predicted octanol–water partition coefficient (Wildman–Crippen LogP) is 3.42. The summed E-state index contributed by atoms with van der Waals surface area (Å²) in [4.78, 5) is 28.0. The molecule has 34 heavy (non-hydrogen) atoms. The van der Waals surface area contributed by atoms with Crippen molar-refractivity contribution in [2.75, 3.05) is 13.2 Å². The van der Waals surface area contributed by atoms with Crippen molar-refractivity contribution in [2.45, 2.75) is 50.6 Å². The smallest absolute Gasteiger partial charge is 0.252 e. The van der Waals surface area contributed by atoms with Gasteiger partial charge in [0.15, 0.2) is 0 Å². The number of fused-ring (bicyclic) bond motifs is 1. The Bertz CT molecular complexity index is 1350. The zero-order chi connectivity index (χ0) is 24.3. The van der Waals surface area contributed by atoms with Crippen molar-refractivity contribution in [3.05, 3.63) is 70.0 Å². The van der Waals surface area contributed by atoms with Crippen LogP contribution in [0, 0.1) is 0 Å². The normalized spacial score (nSPS) is 16.9. The molecular formula is C25H29N3O5S. The van der Waals surface area contributed by atoms with E-state index in [1.807, 2.05) is 38.1 Å². The van der Waals surface area contributed by atoms with E-state index in [1.54, 1.807) is 6.07 Å². The minimum absolute atomic E-state index is 0.0816. The topological polar surface area (TPSA) is 109 Å². The maximum absolute atomic E-state index is 13.3. The number of pyridine rings is 1. The lowest BCUT2D eigenvalue weighted by Gasteiger charge is -2.32. The van der Waals surface area contributed by atoms with E-state index in [9.17, 15) is 18.0 Å². The number of aromatic nitrogens is 1. The van der Waals surface area contributed by atoms with Crippen LogP contribution >= 0.6 is 0 Å². The van der Waals surface area contributed by atoms with Crippen LogP contribution in [0.3, 0.4) is 0 Å². The van der Waals surface area contributed by atoms with Gasteiger partial charge in [0.1, 0.15) is 5.75 Å². The third kappa shape index (κ3) is 5.00. The second-order valence-corrected chi connectivity index (χ2v) is 10.4. The first-order chi connectivity index (χ1) is 16.3. The van der Waals surface area contributed by atoms with Gasteiger partial charge in [0.05, 0.1) is 17.1 Å². The molecule has 1 atom stereocenters. The van der Waals surface area contributed by atoms with Gasteiger partial charge in [-0.3, -0.25) is 9.59 Å². The fraction of sp³-hybridized carbons (Fsp3) is 0.360. The zero-order valence-electron chi connectivity index (χ0n) is 19.3. The Hall–Kier alpha value is -3.17. The van der Waals surface area contributed by atoms with Crippen LogP contribution in [0.25, 0.3) is 10.9 Å². The number of nitrogens with one attached hydrogen (secondary N) is 2. The summed E-state index contributed by atoms with van der Waals surface area (Å²) in [5, 5.41) is 3.21. The van der Waals surface area contributed by atoms with Gasteiger partial charge in [0, 0.05) is 36.1 Å². The molecule has 1 aliphatic rings. The first-order valence-corrected chi connectivity index (χ1v) is 12.9. The molecule has 0 spiro atoms. The number of hydrogen-bond donors (Lipinski definition) is 2. The summed E-state index contributed by atoms with van der Waals surface area (Å²) in [7, 11) is -3.72. The third-order valence-electron chi connectivity index (χ3n) is 6.10. The molecule has 0 aliphatic carbocycles. The average molecular weight is 484 g/mol. The number of rotatable bonds is 7. The van der Waals surface area contributed by atoms with E-state index in [2.05, 4.69) is 10.3 Å². The molecule has 0 radical (unpaired) electrons. The molecule has 0 saturated carbocycles. The van der Waals surface area contributed by atoms with Crippen LogP contribution in [-0.2, 0) is 16.6 Å². The molecular weight excluding hydrogens is 454 g/mol. The lowest BCUT2D eigenvalue weighted by Crippen LogP contribution is -2.41. The highest BCUT2D eigenvalue weighted by molar-refractivity contribution is 7.89. The highest BCUT2D eigenvalue weighted by Crippen LogP contribution is 2.27. The predicted molar refractivity (Wildman–Crippen MR) is 131 cm³/mol. The number of H-pyrrole nitrogens is 1. The van der Waals surface area contributed by atoms with Crippen molar-refractivity contribution in [1.82, 2.24) is 14.6 Å². The molecule has 1 fully saturated rings. The van der Waals surface area contributed by atoms with Crippen molar-refractivity contribution in [3.63, 3.8) is 0 Å². The van der Waals surface area contributed by atoms with E-state index in [-0.39, 0.29) is 23.0 Å². The van der Waals surface area contributed by atoms with E-state index in [0.717, 1.165) is 30.6 Å². The first-order valence-electron chi connectivity index (χ1n) is 11.5. The van der Waals surface area contributed by atoms with Crippen molar-refractivity contribution >= 4 is 26.8 Å². The van der Waals surface area contributed by atoms with E-state index >= 15 is 0 Å². The number of carbonyl (C=O) groups excluding carboxylic acids is 1. The number of piperidine rings is 1. The van der Waals surface area contributed by atoms with E-state index in [1.165, 1.54) is 22.5 Å². The van der Waals surface area contributed by atoms with Crippen molar-refractivity contribution in [2.24, 2.45) is 0 Å². The minimum atomic E-state index is -3.72. The molecule has 9 heteroatoms. The van der Waals surface area contributed by atoms with E-state index < -0.39 is 21.5 Å². The molecule has 1 aliphatic heterocycles. The molecule has 8 nitrogen and oxygen atoms in total. The van der Waals surface area contributed by atoms with E-state index in [0.29, 0.717) is 24.1 Å². The largest absolute Gasteiger partial charge is 0.494 e. The molecule has 4 rings (SSSR count). The van der Waals surface area contributed by atoms with Crippen LogP contribution in [0.4, 0.5) is 0 Å². The first kappa shape index (κ1) is 24.0. The Morgan fingerprint density at radius 2 is 1.91 bits per heavy atom. The average Bonchev–Trinajstić information content (AvgIpc) is 2.83. The summed E-state index contributed by atoms with van der Waals surface area (Å²) in [5.74, 6) is 0.292. The standard InChI is InChI=1S/C25H29N3O5S/c1-3-33-19-9-7-18(8-10-19)16-26-25(30)22-15-24(29)27-23-12-11-20(14-21(22)23)34(31,32)28-13-5-4-6-17(28)2/h7-12,14-15,17H,3-6,13,16H2,1-2H3,(H,26,30)(H,27,29). The maximum Gasteiger partial charge on any atom is 0.252 e. The Labute approximate surface area is 199 Å². The monoisotopic (exact) mass is 483 g/mol. The molecule has 3 aromatic rings. The van der Waals surface area contributed by atoms with Gasteiger partial charge in [-0.2, -0.15) is 4.31 Å². The lowest BCUT2D eigenvalue weighted by atomic mass is 10.1. The molecule has 0 bridgehead atoms. The number of benzene rings is 2. The van der Waals surface area contributed by atoms with Crippen LogP contribution in [0.15, 0.2) is 58.2 Å². The van der Waals surface area contributed by atoms with Gasteiger partial charge in [-0.15, -0.1) is 0 Å². The van der Waals surface area contributed by atoms with Crippen LogP contribution in [-0.4, -0.2) is 42.8 Å². The summed E-state index contributed by atoms with van der Waals surface area (Å²) in [6, 6.07) is 13.0. The molecule has 2 N–H and O–H groups in total. The Balaban J connectivity index is 1.63. The SMILES string of the molecule is CCOc1ccc(CNC(=O)c2cc(=O)[nH]c3ccc(S(=O)(=O)N4CCCCC4C)cc23)cc1. The molecule has 1 unspecified atom stereocenters. The van der Waals surface area contributed by atoms with Crippen LogP contribution in [0.2, 0.25) is 0 Å². The number of carbonyl (C=O) groups is 1. The fourth-order valence-electron chi connectivity index (χ4n) is 4.29. The number of ether oxygens (including phenoxy) is 1. The minimum Gasteiger partial charge on any atom is -0.494 e. The summed E-state index contributed by atoms with van der Waals surface area (Å²) < 4.78 is 33.6. The van der Waals surface area contributed by atoms with Gasteiger partial charge in [0.2, 0.25) is 15.6 Å². The quantitative estimate of drug-likeness (QED) is 0.535. The Morgan fingerprint density at radius 1 is 1.15 bits per heavy atom. The van der Waals surface area contributed by atoms with Gasteiger partial charge in [0.25, 0.3) is 5.91 Å². The molecule has 1 amide bonds. The van der Waals surface area contributed by atoms with Gasteiger partial charge >= 0.3 is 0 Å². The number of sulfonamides is 1. The number of nitrogens with zero attached hydrogens (tertiary/aromatic N) is 1. The third-order valence-corrected chi connectivity index (χ3v) is 8.10. The molecule has 180 valence electrons. The van der Waals surface area contributed by atoms with Gasteiger partial charge in [-0.05, 0) is 62.6 Å². The molecule has 1 aromatic heterocycles. The summed E-state index contributed by atoms with van der Waals surface area (Å²) in [6.45, 7) is 5.12. The van der Waals surface area contributed by atoms with Gasteiger partial charge in [-0.1, -0.05) is 18.6 Å². The van der Waals surface area contributed by atoms with Crippen LogP contribution < -0.4 is 15.6 Å². The maximum atomic E-state index is 13.3. The Morgan fingerprint density at radius 3 is 2.62 bits per heavy atom. The zero-order valence-corrected chi connectivity index (χ0v) is 20.2. The van der Waals surface area contributed by atoms with Crippen molar-refractivity contribution in [1.29, 1.82) is 0 Å². The lowest BCUT2D eigenvalue weighted by molar-refractivity contribution is 0.0952. The molecule has 1 saturated heterocycles. The van der Waals surface area contributed by atoms with Gasteiger partial charge < -0.3 is 15.0 Å². The second kappa shape index (κ2) is 9.99. The summed E-state index contributed by atoms with van der Waals surface area (Å²) in [5.41, 5.74) is 0.977. The molecule has 2 heterocycles. The van der Waals surface area contributed by atoms with Crippen molar-refractivity contribution in [3.8, 4) is 5.75 Å². The fourth-order valence-corrected chi connectivity index (χ4v) is 6.02.